The molecule has 0 saturated heterocycles. The van der Waals surface area contributed by atoms with Crippen molar-refractivity contribution in [3.8, 4) is 11.5 Å². The van der Waals surface area contributed by atoms with Crippen LogP contribution in [0, 0.1) is 6.92 Å². The highest BCUT2D eigenvalue weighted by Gasteiger charge is 2.09. The van der Waals surface area contributed by atoms with E-state index >= 15 is 0 Å². The molecule has 0 saturated carbocycles. The molecule has 0 fully saturated rings. The molecular formula is C14H12N2O. The number of hydrogen-bond acceptors (Lipinski definition) is 3. The van der Waals surface area contributed by atoms with E-state index in [-0.39, 0.29) is 0 Å². The Hall–Kier alpha value is -2.29. The fraction of sp³-hybridized carbons (Fsp3) is 0.0714. The molecule has 0 radical (unpaired) electrons. The van der Waals surface area contributed by atoms with E-state index in [4.69, 9.17) is 10.2 Å². The van der Waals surface area contributed by atoms with Crippen molar-refractivity contribution in [1.82, 2.24) is 4.98 Å². The molecule has 3 aromatic rings. The minimum atomic E-state index is 0.609. The monoisotopic (exact) mass is 224 g/mol. The van der Waals surface area contributed by atoms with Crippen molar-refractivity contribution in [3.63, 3.8) is 0 Å². The van der Waals surface area contributed by atoms with Gasteiger partial charge < -0.3 is 10.2 Å². The van der Waals surface area contributed by atoms with Crippen molar-refractivity contribution in [3.05, 3.63) is 48.0 Å². The lowest BCUT2D eigenvalue weighted by Crippen LogP contribution is -1.82. The number of aryl methyl sites for hydroxylation is 1. The summed E-state index contributed by atoms with van der Waals surface area (Å²) in [6.45, 7) is 2.05. The largest absolute Gasteiger partial charge is 0.434 e. The Balaban J connectivity index is 2.18. The summed E-state index contributed by atoms with van der Waals surface area (Å²) in [5.74, 6) is 0.609. The summed E-state index contributed by atoms with van der Waals surface area (Å²) in [7, 11) is 0. The Morgan fingerprint density at radius 1 is 1.06 bits per heavy atom. The number of oxazole rings is 1. The molecule has 0 unspecified atom stereocenters. The third-order valence-corrected chi connectivity index (χ3v) is 2.74. The first-order chi connectivity index (χ1) is 8.24. The van der Waals surface area contributed by atoms with Gasteiger partial charge in [0.15, 0.2) is 5.58 Å². The molecule has 3 rings (SSSR count). The van der Waals surface area contributed by atoms with Gasteiger partial charge in [-0.1, -0.05) is 23.8 Å². The summed E-state index contributed by atoms with van der Waals surface area (Å²) in [6.07, 6.45) is 0. The molecule has 17 heavy (non-hydrogen) atoms. The van der Waals surface area contributed by atoms with Crippen LogP contribution in [0.4, 0.5) is 5.69 Å². The fourth-order valence-corrected chi connectivity index (χ4v) is 1.79. The quantitative estimate of drug-likeness (QED) is 0.644. The lowest BCUT2D eigenvalue weighted by Gasteiger charge is -1.95. The third-order valence-electron chi connectivity index (χ3n) is 2.74. The molecule has 0 atom stereocenters. The molecule has 0 aliphatic carbocycles. The van der Waals surface area contributed by atoms with Crippen LogP contribution in [0.25, 0.3) is 22.6 Å². The summed E-state index contributed by atoms with van der Waals surface area (Å²) >= 11 is 0. The molecule has 0 spiro atoms. The van der Waals surface area contributed by atoms with Gasteiger partial charge in [0.05, 0.1) is 5.69 Å². The van der Waals surface area contributed by atoms with Gasteiger partial charge >= 0.3 is 0 Å². The smallest absolute Gasteiger partial charge is 0.227 e. The minimum absolute atomic E-state index is 0.609. The summed E-state index contributed by atoms with van der Waals surface area (Å²) in [5.41, 5.74) is 10.1. The number of anilines is 1. The zero-order valence-electron chi connectivity index (χ0n) is 9.47. The Bertz CT molecular complexity index is 668. The maximum atomic E-state index is 5.84. The predicted molar refractivity (Wildman–Crippen MR) is 68.6 cm³/mol. The van der Waals surface area contributed by atoms with Crippen LogP contribution in [-0.2, 0) is 0 Å². The summed E-state index contributed by atoms with van der Waals surface area (Å²) < 4.78 is 5.69. The maximum absolute atomic E-state index is 5.84. The summed E-state index contributed by atoms with van der Waals surface area (Å²) in [4.78, 5) is 4.43. The second-order valence-corrected chi connectivity index (χ2v) is 4.08. The normalized spacial score (nSPS) is 10.9. The number of nitrogen functional groups attached to an aromatic ring is 1. The van der Waals surface area contributed by atoms with Crippen LogP contribution >= 0.6 is 0 Å². The van der Waals surface area contributed by atoms with Crippen molar-refractivity contribution in [2.24, 2.45) is 0 Å². The van der Waals surface area contributed by atoms with E-state index in [1.54, 1.807) is 0 Å². The first-order valence-electron chi connectivity index (χ1n) is 5.46. The molecule has 0 amide bonds. The molecule has 0 bridgehead atoms. The van der Waals surface area contributed by atoms with Gasteiger partial charge in [-0.05, 0) is 31.2 Å². The van der Waals surface area contributed by atoms with Crippen molar-refractivity contribution in [2.75, 3.05) is 5.73 Å². The van der Waals surface area contributed by atoms with Crippen LogP contribution in [0.2, 0.25) is 0 Å². The molecule has 0 aliphatic heterocycles. The maximum Gasteiger partial charge on any atom is 0.227 e. The number of hydrogen-bond donors (Lipinski definition) is 1. The van der Waals surface area contributed by atoms with E-state index in [9.17, 15) is 0 Å². The first-order valence-corrected chi connectivity index (χ1v) is 5.46. The molecule has 0 aliphatic rings. The SMILES string of the molecule is Cc1ccc(-c2nc3cccc(N)c3o2)cc1. The number of nitrogens with two attached hydrogens (primary N) is 1. The van der Waals surface area contributed by atoms with Crippen LogP contribution in [-0.4, -0.2) is 4.98 Å². The van der Waals surface area contributed by atoms with E-state index in [1.807, 2.05) is 49.4 Å². The van der Waals surface area contributed by atoms with Crippen molar-refractivity contribution >= 4 is 16.8 Å². The lowest BCUT2D eigenvalue weighted by atomic mass is 10.1. The highest BCUT2D eigenvalue weighted by atomic mass is 16.3. The van der Waals surface area contributed by atoms with Gasteiger partial charge in [0.1, 0.15) is 5.52 Å². The van der Waals surface area contributed by atoms with E-state index in [0.29, 0.717) is 17.2 Å². The van der Waals surface area contributed by atoms with Crippen LogP contribution in [0.1, 0.15) is 5.56 Å². The Labute approximate surface area is 98.9 Å². The average Bonchev–Trinajstić information content (AvgIpc) is 2.75. The Kier molecular flexibility index (Phi) is 2.11. The standard InChI is InChI=1S/C14H12N2O/c1-9-5-7-10(8-6-9)14-16-12-4-2-3-11(15)13(12)17-14/h2-8H,15H2,1H3. The van der Waals surface area contributed by atoms with Crippen molar-refractivity contribution in [2.45, 2.75) is 6.92 Å². The zero-order chi connectivity index (χ0) is 11.8. The Morgan fingerprint density at radius 2 is 1.82 bits per heavy atom. The van der Waals surface area contributed by atoms with Gasteiger partial charge in [0.25, 0.3) is 0 Å². The first kappa shape index (κ1) is 9.90. The summed E-state index contributed by atoms with van der Waals surface area (Å²) in [6, 6.07) is 13.6. The number of fused-ring (bicyclic) bond motifs is 1. The van der Waals surface area contributed by atoms with E-state index in [2.05, 4.69) is 4.98 Å². The second kappa shape index (κ2) is 3.63. The molecule has 3 nitrogen and oxygen atoms in total. The minimum Gasteiger partial charge on any atom is -0.434 e. The molecule has 1 aromatic heterocycles. The van der Waals surface area contributed by atoms with Crippen LogP contribution in [0.3, 0.4) is 0 Å². The fourth-order valence-electron chi connectivity index (χ4n) is 1.79. The molecule has 2 aromatic carbocycles. The van der Waals surface area contributed by atoms with Gasteiger partial charge in [-0.25, -0.2) is 4.98 Å². The van der Waals surface area contributed by atoms with Crippen LogP contribution in [0.15, 0.2) is 46.9 Å². The highest BCUT2D eigenvalue weighted by Crippen LogP contribution is 2.27. The van der Waals surface area contributed by atoms with Crippen molar-refractivity contribution < 1.29 is 4.42 Å². The third kappa shape index (κ3) is 1.65. The van der Waals surface area contributed by atoms with Gasteiger partial charge in [-0.15, -0.1) is 0 Å². The molecule has 2 N–H and O–H groups in total. The topological polar surface area (TPSA) is 52.0 Å². The average molecular weight is 224 g/mol. The molecule has 3 heteroatoms. The van der Waals surface area contributed by atoms with Gasteiger partial charge in [0.2, 0.25) is 5.89 Å². The molecular weight excluding hydrogens is 212 g/mol. The van der Waals surface area contributed by atoms with E-state index in [1.165, 1.54) is 5.56 Å². The zero-order valence-corrected chi connectivity index (χ0v) is 9.47. The van der Waals surface area contributed by atoms with Crippen LogP contribution in [0.5, 0.6) is 0 Å². The van der Waals surface area contributed by atoms with Crippen LogP contribution < -0.4 is 5.73 Å². The Morgan fingerprint density at radius 3 is 2.53 bits per heavy atom. The predicted octanol–water partition coefficient (Wildman–Crippen LogP) is 3.39. The number of rotatable bonds is 1. The molecule has 1 heterocycles. The number of nitrogens with zero attached hydrogens (tertiary/aromatic N) is 1. The molecule has 84 valence electrons. The second-order valence-electron chi connectivity index (χ2n) is 4.08. The van der Waals surface area contributed by atoms with Gasteiger partial charge in [-0.2, -0.15) is 0 Å². The number of aromatic nitrogens is 1. The highest BCUT2D eigenvalue weighted by molar-refractivity contribution is 5.86. The van der Waals surface area contributed by atoms with Gasteiger partial charge in [0, 0.05) is 5.56 Å². The van der Waals surface area contributed by atoms with E-state index < -0.39 is 0 Å². The number of benzene rings is 2. The number of para-hydroxylation sites is 1. The van der Waals surface area contributed by atoms with E-state index in [0.717, 1.165) is 11.1 Å². The lowest BCUT2D eigenvalue weighted by molar-refractivity contribution is 0.621. The summed E-state index contributed by atoms with van der Waals surface area (Å²) in [5, 5.41) is 0. The van der Waals surface area contributed by atoms with Gasteiger partial charge in [-0.3, -0.25) is 0 Å². The van der Waals surface area contributed by atoms with Crippen molar-refractivity contribution in [1.29, 1.82) is 0 Å².